The molecule has 1 aromatic carbocycles. The van der Waals surface area contributed by atoms with Gasteiger partial charge in [-0.15, -0.1) is 5.10 Å². The number of anilines is 1. The number of nitrogens with zero attached hydrogens (tertiary/aromatic N) is 4. The Bertz CT molecular complexity index is 901. The summed E-state index contributed by atoms with van der Waals surface area (Å²) in [7, 11) is 1.77. The van der Waals surface area contributed by atoms with Gasteiger partial charge >= 0.3 is 0 Å². The zero-order chi connectivity index (χ0) is 19.7. The molecule has 1 spiro atoms. The molecule has 1 aliphatic carbocycles. The van der Waals surface area contributed by atoms with Crippen LogP contribution in [0.2, 0.25) is 0 Å². The second kappa shape index (κ2) is 7.26. The van der Waals surface area contributed by atoms with E-state index >= 15 is 0 Å². The summed E-state index contributed by atoms with van der Waals surface area (Å²) in [5.74, 6) is 0.437. The Morgan fingerprint density at radius 3 is 2.75 bits per heavy atom. The van der Waals surface area contributed by atoms with E-state index in [-0.39, 0.29) is 5.91 Å². The first-order valence-corrected chi connectivity index (χ1v) is 9.70. The van der Waals surface area contributed by atoms with E-state index in [0.29, 0.717) is 24.1 Å². The molecular weight excluding hydrogens is 358 g/mol. The molecule has 8 nitrogen and oxygen atoms in total. The molecule has 0 unspecified atom stereocenters. The highest BCUT2D eigenvalue weighted by Gasteiger charge is 2.42. The molecule has 0 atom stereocenters. The van der Waals surface area contributed by atoms with E-state index < -0.39 is 5.91 Å². The van der Waals surface area contributed by atoms with Crippen LogP contribution in [0.3, 0.4) is 0 Å². The Morgan fingerprint density at radius 1 is 1.25 bits per heavy atom. The van der Waals surface area contributed by atoms with Crippen molar-refractivity contribution in [2.45, 2.75) is 45.1 Å². The third kappa shape index (κ3) is 3.34. The van der Waals surface area contributed by atoms with E-state index in [4.69, 9.17) is 10.5 Å². The van der Waals surface area contributed by atoms with Gasteiger partial charge in [0.2, 0.25) is 5.91 Å². The number of para-hydroxylation sites is 2. The van der Waals surface area contributed by atoms with Crippen LogP contribution in [0.4, 0.5) is 5.69 Å². The number of primary amides is 1. The summed E-state index contributed by atoms with van der Waals surface area (Å²) in [4.78, 5) is 24.2. The average Bonchev–Trinajstić information content (AvgIpc) is 3.36. The minimum absolute atomic E-state index is 0.102. The summed E-state index contributed by atoms with van der Waals surface area (Å²) < 4.78 is 7.29. The first-order chi connectivity index (χ1) is 13.5. The van der Waals surface area contributed by atoms with Gasteiger partial charge in [-0.25, -0.2) is 4.68 Å². The molecule has 0 saturated heterocycles. The van der Waals surface area contributed by atoms with Crippen LogP contribution in [0.5, 0.6) is 5.75 Å². The lowest BCUT2D eigenvalue weighted by Crippen LogP contribution is -2.24. The number of amides is 2. The Morgan fingerprint density at radius 2 is 2.00 bits per heavy atom. The van der Waals surface area contributed by atoms with Gasteiger partial charge in [-0.3, -0.25) is 9.59 Å². The molecule has 8 heteroatoms. The predicted molar refractivity (Wildman–Crippen MR) is 103 cm³/mol. The zero-order valence-electron chi connectivity index (χ0n) is 16.1. The SMILES string of the molecule is CN1C(=O)CCOc2ccccc21.NC(=O)c1nnn2c1CC1(CCCC1)C2. The average molecular weight is 383 g/mol. The van der Waals surface area contributed by atoms with E-state index in [9.17, 15) is 9.59 Å². The van der Waals surface area contributed by atoms with Gasteiger partial charge in [0.15, 0.2) is 5.69 Å². The molecule has 0 bridgehead atoms. The van der Waals surface area contributed by atoms with E-state index in [0.717, 1.165) is 30.1 Å². The molecule has 2 N–H and O–H groups in total. The van der Waals surface area contributed by atoms with E-state index in [1.807, 2.05) is 28.9 Å². The van der Waals surface area contributed by atoms with Gasteiger partial charge in [-0.1, -0.05) is 30.2 Å². The van der Waals surface area contributed by atoms with Crippen LogP contribution in [0.25, 0.3) is 0 Å². The first kappa shape index (κ1) is 18.5. The minimum atomic E-state index is -0.453. The topological polar surface area (TPSA) is 103 Å². The van der Waals surface area contributed by atoms with Crippen molar-refractivity contribution in [3.8, 4) is 5.75 Å². The maximum Gasteiger partial charge on any atom is 0.271 e. The number of aromatic nitrogens is 3. The normalized spacial score (nSPS) is 19.3. The molecule has 1 fully saturated rings. The van der Waals surface area contributed by atoms with Gasteiger partial charge in [0, 0.05) is 13.6 Å². The molecule has 1 aromatic heterocycles. The third-order valence-electron chi connectivity index (χ3n) is 5.94. The number of hydrogen-bond donors (Lipinski definition) is 1. The van der Waals surface area contributed by atoms with Gasteiger partial charge in [0.25, 0.3) is 5.91 Å². The van der Waals surface area contributed by atoms with E-state index in [1.54, 1.807) is 11.9 Å². The number of carbonyl (C=O) groups excluding carboxylic acids is 2. The summed E-state index contributed by atoms with van der Waals surface area (Å²) in [6.07, 6.45) is 6.46. The fraction of sp³-hybridized carbons (Fsp3) is 0.500. The van der Waals surface area contributed by atoms with Gasteiger partial charge < -0.3 is 15.4 Å². The second-order valence-corrected chi connectivity index (χ2v) is 7.81. The van der Waals surface area contributed by atoms with Crippen LogP contribution < -0.4 is 15.4 Å². The highest BCUT2D eigenvalue weighted by molar-refractivity contribution is 5.95. The molecule has 1 saturated carbocycles. The van der Waals surface area contributed by atoms with Crippen LogP contribution >= 0.6 is 0 Å². The van der Waals surface area contributed by atoms with Crippen molar-refractivity contribution in [3.05, 3.63) is 35.7 Å². The Balaban J connectivity index is 0.000000139. The standard InChI is InChI=1S/C10H14N4O.C10H11NO2/c11-9(15)8-7-5-10(3-1-2-4-10)6-14(7)13-12-8;1-11-8-4-2-3-5-9(8)13-7-6-10(11)12/h1-6H2,(H2,11,15);2-5H,6-7H2,1H3. The monoisotopic (exact) mass is 383 g/mol. The van der Waals surface area contributed by atoms with Crippen LogP contribution in [0.15, 0.2) is 24.3 Å². The molecular formula is C20H25N5O3. The van der Waals surface area contributed by atoms with Gasteiger partial charge in [0.05, 0.1) is 24.4 Å². The van der Waals surface area contributed by atoms with Gasteiger partial charge in [0.1, 0.15) is 5.75 Å². The smallest absolute Gasteiger partial charge is 0.271 e. The van der Waals surface area contributed by atoms with Crippen molar-refractivity contribution in [1.82, 2.24) is 15.0 Å². The van der Waals surface area contributed by atoms with Crippen molar-refractivity contribution in [2.75, 3.05) is 18.6 Å². The van der Waals surface area contributed by atoms with Crippen molar-refractivity contribution in [3.63, 3.8) is 0 Å². The van der Waals surface area contributed by atoms with Crippen LogP contribution in [-0.4, -0.2) is 40.5 Å². The fourth-order valence-corrected chi connectivity index (χ4v) is 4.42. The maximum absolute atomic E-state index is 11.4. The molecule has 2 aliphatic heterocycles. The largest absolute Gasteiger partial charge is 0.491 e. The number of ether oxygens (including phenoxy) is 1. The van der Waals surface area contributed by atoms with Crippen LogP contribution in [0, 0.1) is 5.41 Å². The maximum atomic E-state index is 11.4. The van der Waals surface area contributed by atoms with Gasteiger partial charge in [-0.2, -0.15) is 0 Å². The van der Waals surface area contributed by atoms with Gasteiger partial charge in [-0.05, 0) is 36.8 Å². The summed E-state index contributed by atoms with van der Waals surface area (Å²) in [6, 6.07) is 7.57. The number of hydrogen-bond acceptors (Lipinski definition) is 5. The molecule has 148 valence electrons. The molecule has 28 heavy (non-hydrogen) atoms. The number of carbonyl (C=O) groups is 2. The number of fused-ring (bicyclic) bond motifs is 2. The number of rotatable bonds is 1. The quantitative estimate of drug-likeness (QED) is 0.810. The first-order valence-electron chi connectivity index (χ1n) is 9.70. The summed E-state index contributed by atoms with van der Waals surface area (Å²) in [5, 5.41) is 7.83. The lowest BCUT2D eigenvalue weighted by molar-refractivity contribution is -0.118. The summed E-state index contributed by atoms with van der Waals surface area (Å²) >= 11 is 0. The second-order valence-electron chi connectivity index (χ2n) is 7.81. The minimum Gasteiger partial charge on any atom is -0.491 e. The van der Waals surface area contributed by atoms with Crippen molar-refractivity contribution >= 4 is 17.5 Å². The highest BCUT2D eigenvalue weighted by atomic mass is 16.5. The Labute approximate surface area is 163 Å². The lowest BCUT2D eigenvalue weighted by Gasteiger charge is -2.20. The Hall–Kier alpha value is -2.90. The fourth-order valence-electron chi connectivity index (χ4n) is 4.42. The number of benzene rings is 1. The Kier molecular flexibility index (Phi) is 4.78. The lowest BCUT2D eigenvalue weighted by atomic mass is 9.84. The van der Waals surface area contributed by atoms with E-state index in [1.165, 1.54) is 25.7 Å². The molecule has 0 radical (unpaired) electrons. The van der Waals surface area contributed by atoms with Crippen LogP contribution in [-0.2, 0) is 17.8 Å². The van der Waals surface area contributed by atoms with Crippen molar-refractivity contribution in [2.24, 2.45) is 11.1 Å². The van der Waals surface area contributed by atoms with Crippen molar-refractivity contribution in [1.29, 1.82) is 0 Å². The molecule has 3 heterocycles. The summed E-state index contributed by atoms with van der Waals surface area (Å²) in [6.45, 7) is 1.39. The molecule has 5 rings (SSSR count). The van der Waals surface area contributed by atoms with E-state index in [2.05, 4.69) is 10.3 Å². The predicted octanol–water partition coefficient (Wildman–Crippen LogP) is 1.93. The highest BCUT2D eigenvalue weighted by Crippen LogP contribution is 2.46. The molecule has 2 aromatic rings. The van der Waals surface area contributed by atoms with Crippen molar-refractivity contribution < 1.29 is 14.3 Å². The summed E-state index contributed by atoms with van der Waals surface area (Å²) in [5.41, 5.74) is 7.79. The molecule has 3 aliphatic rings. The number of nitrogens with two attached hydrogens (primary N) is 1. The molecule has 2 amide bonds. The third-order valence-corrected chi connectivity index (χ3v) is 5.94. The zero-order valence-corrected chi connectivity index (χ0v) is 16.1. The van der Waals surface area contributed by atoms with Crippen LogP contribution in [0.1, 0.15) is 48.3 Å².